The minimum atomic E-state index is -0.581. The van der Waals surface area contributed by atoms with Gasteiger partial charge in [0.05, 0.1) is 5.02 Å². The zero-order valence-electron chi connectivity index (χ0n) is 16.2. The summed E-state index contributed by atoms with van der Waals surface area (Å²) in [5, 5.41) is 3.05. The molecule has 0 fully saturated rings. The fraction of sp³-hybridized carbons (Fsp3) is 0.333. The standard InChI is InChI=1S/C21H24BrClN2O3/c1-4-18(21(27)24-3)25(12-15-7-5-6-14(2)10-15)20(26)13-28-19-9-8-16(22)11-17(19)23/h5-11,18H,4,12-13H2,1-3H3,(H,24,27). The van der Waals surface area contributed by atoms with Crippen LogP contribution in [0.1, 0.15) is 24.5 Å². The van der Waals surface area contributed by atoms with Crippen LogP contribution in [0.15, 0.2) is 46.9 Å². The third-order valence-corrected chi connectivity index (χ3v) is 5.10. The van der Waals surface area contributed by atoms with E-state index in [1.807, 2.05) is 38.1 Å². The molecule has 150 valence electrons. The van der Waals surface area contributed by atoms with E-state index in [-0.39, 0.29) is 18.4 Å². The second kappa shape index (κ2) is 10.5. The van der Waals surface area contributed by atoms with Crippen molar-refractivity contribution in [2.75, 3.05) is 13.7 Å². The largest absolute Gasteiger partial charge is 0.482 e. The van der Waals surface area contributed by atoms with Crippen molar-refractivity contribution in [2.45, 2.75) is 32.9 Å². The molecule has 1 atom stereocenters. The van der Waals surface area contributed by atoms with Crippen LogP contribution < -0.4 is 10.1 Å². The molecule has 0 bridgehead atoms. The lowest BCUT2D eigenvalue weighted by Gasteiger charge is -2.30. The van der Waals surface area contributed by atoms with Crippen molar-refractivity contribution in [3.8, 4) is 5.75 Å². The van der Waals surface area contributed by atoms with Gasteiger partial charge in [-0.3, -0.25) is 9.59 Å². The SMILES string of the molecule is CCC(C(=O)NC)N(Cc1cccc(C)c1)C(=O)COc1ccc(Br)cc1Cl. The smallest absolute Gasteiger partial charge is 0.261 e. The molecule has 2 amide bonds. The van der Waals surface area contributed by atoms with Gasteiger partial charge >= 0.3 is 0 Å². The highest BCUT2D eigenvalue weighted by Crippen LogP contribution is 2.27. The number of rotatable bonds is 8. The number of ether oxygens (including phenoxy) is 1. The van der Waals surface area contributed by atoms with E-state index in [2.05, 4.69) is 21.2 Å². The molecule has 0 aliphatic carbocycles. The summed E-state index contributed by atoms with van der Waals surface area (Å²) in [7, 11) is 1.57. The normalized spacial score (nSPS) is 11.6. The van der Waals surface area contributed by atoms with Crippen molar-refractivity contribution in [2.24, 2.45) is 0 Å². The number of nitrogens with one attached hydrogen (secondary N) is 1. The first-order chi connectivity index (χ1) is 13.3. The minimum Gasteiger partial charge on any atom is -0.482 e. The van der Waals surface area contributed by atoms with Gasteiger partial charge in [-0.1, -0.05) is 64.3 Å². The summed E-state index contributed by atoms with van der Waals surface area (Å²) < 4.78 is 6.45. The monoisotopic (exact) mass is 466 g/mol. The van der Waals surface area contributed by atoms with Crippen LogP contribution in [0.25, 0.3) is 0 Å². The topological polar surface area (TPSA) is 58.6 Å². The number of halogens is 2. The lowest BCUT2D eigenvalue weighted by atomic mass is 10.1. The number of hydrogen-bond donors (Lipinski definition) is 1. The van der Waals surface area contributed by atoms with Gasteiger partial charge in [0.2, 0.25) is 5.91 Å². The second-order valence-corrected chi connectivity index (χ2v) is 7.74. The van der Waals surface area contributed by atoms with Gasteiger partial charge in [0.15, 0.2) is 6.61 Å². The first-order valence-electron chi connectivity index (χ1n) is 9.00. The molecule has 5 nitrogen and oxygen atoms in total. The van der Waals surface area contributed by atoms with Crippen LogP contribution in [-0.2, 0) is 16.1 Å². The summed E-state index contributed by atoms with van der Waals surface area (Å²) in [5.74, 6) is -0.0668. The summed E-state index contributed by atoms with van der Waals surface area (Å²) in [6.07, 6.45) is 0.496. The molecule has 0 aromatic heterocycles. The second-order valence-electron chi connectivity index (χ2n) is 6.41. The van der Waals surface area contributed by atoms with Crippen molar-refractivity contribution in [1.29, 1.82) is 0 Å². The van der Waals surface area contributed by atoms with Crippen LogP contribution in [0.5, 0.6) is 5.75 Å². The summed E-state index contributed by atoms with van der Waals surface area (Å²) >= 11 is 9.49. The molecule has 0 saturated heterocycles. The molecule has 0 spiro atoms. The number of amides is 2. The molecule has 28 heavy (non-hydrogen) atoms. The Bertz CT molecular complexity index is 844. The van der Waals surface area contributed by atoms with Gasteiger partial charge in [-0.25, -0.2) is 0 Å². The van der Waals surface area contributed by atoms with Crippen LogP contribution in [-0.4, -0.2) is 36.4 Å². The van der Waals surface area contributed by atoms with Crippen molar-refractivity contribution in [3.63, 3.8) is 0 Å². The van der Waals surface area contributed by atoms with E-state index in [1.165, 1.54) is 0 Å². The van der Waals surface area contributed by atoms with Gasteiger partial charge in [0.25, 0.3) is 5.91 Å². The molecule has 2 aromatic carbocycles. The Morgan fingerprint density at radius 1 is 1.25 bits per heavy atom. The molecule has 0 aliphatic rings. The summed E-state index contributed by atoms with van der Waals surface area (Å²) in [4.78, 5) is 26.9. The molecule has 2 rings (SSSR count). The number of aryl methyl sites for hydroxylation is 1. The average molecular weight is 468 g/mol. The minimum absolute atomic E-state index is 0.204. The predicted octanol–water partition coefficient (Wildman–Crippen LogP) is 4.34. The molecular formula is C21H24BrClN2O3. The number of likely N-dealkylation sites (N-methyl/N-ethyl adjacent to an activating group) is 1. The van der Waals surface area contributed by atoms with Crippen LogP contribution in [0.2, 0.25) is 5.02 Å². The summed E-state index contributed by atoms with van der Waals surface area (Å²) in [5.41, 5.74) is 2.05. The van der Waals surface area contributed by atoms with E-state index in [1.54, 1.807) is 30.1 Å². The Morgan fingerprint density at radius 3 is 2.61 bits per heavy atom. The van der Waals surface area contributed by atoms with Crippen molar-refractivity contribution in [1.82, 2.24) is 10.2 Å². The van der Waals surface area contributed by atoms with Gasteiger partial charge < -0.3 is 15.0 Å². The molecule has 0 saturated carbocycles. The zero-order chi connectivity index (χ0) is 20.7. The molecule has 7 heteroatoms. The van der Waals surface area contributed by atoms with Crippen LogP contribution >= 0.6 is 27.5 Å². The van der Waals surface area contributed by atoms with Gasteiger partial charge in [-0.05, 0) is 37.1 Å². The highest BCUT2D eigenvalue weighted by atomic mass is 79.9. The van der Waals surface area contributed by atoms with E-state index >= 15 is 0 Å². The molecule has 1 N–H and O–H groups in total. The fourth-order valence-corrected chi connectivity index (χ4v) is 3.64. The Kier molecular flexibility index (Phi) is 8.33. The highest BCUT2D eigenvalue weighted by Gasteiger charge is 2.28. The summed E-state index contributed by atoms with van der Waals surface area (Å²) in [6.45, 7) is 3.98. The van der Waals surface area contributed by atoms with Crippen LogP contribution in [0.3, 0.4) is 0 Å². The Morgan fingerprint density at radius 2 is 2.00 bits per heavy atom. The highest BCUT2D eigenvalue weighted by molar-refractivity contribution is 9.10. The molecule has 1 unspecified atom stereocenters. The lowest BCUT2D eigenvalue weighted by Crippen LogP contribution is -2.49. The molecule has 0 radical (unpaired) electrons. The number of carbonyl (C=O) groups is 2. The number of nitrogens with zero attached hydrogens (tertiary/aromatic N) is 1. The maximum Gasteiger partial charge on any atom is 0.261 e. The Hall–Kier alpha value is -2.05. The van der Waals surface area contributed by atoms with Crippen LogP contribution in [0.4, 0.5) is 0 Å². The van der Waals surface area contributed by atoms with Crippen LogP contribution in [0, 0.1) is 6.92 Å². The van der Waals surface area contributed by atoms with Crippen molar-refractivity contribution in [3.05, 3.63) is 63.1 Å². The molecule has 0 aliphatic heterocycles. The van der Waals surface area contributed by atoms with Crippen molar-refractivity contribution < 1.29 is 14.3 Å². The Balaban J connectivity index is 2.21. The number of carbonyl (C=O) groups excluding carboxylic acids is 2. The fourth-order valence-electron chi connectivity index (χ4n) is 2.91. The third kappa shape index (κ3) is 5.97. The van der Waals surface area contributed by atoms with E-state index in [9.17, 15) is 9.59 Å². The molecule has 2 aromatic rings. The number of hydrogen-bond acceptors (Lipinski definition) is 3. The van der Waals surface area contributed by atoms with Crippen molar-refractivity contribution >= 4 is 39.3 Å². The zero-order valence-corrected chi connectivity index (χ0v) is 18.5. The van der Waals surface area contributed by atoms with E-state index in [0.717, 1.165) is 15.6 Å². The van der Waals surface area contributed by atoms with Gasteiger partial charge in [-0.15, -0.1) is 0 Å². The van der Waals surface area contributed by atoms with E-state index in [0.29, 0.717) is 23.7 Å². The Labute approximate surface area is 179 Å². The van der Waals surface area contributed by atoms with E-state index < -0.39 is 6.04 Å². The van der Waals surface area contributed by atoms with E-state index in [4.69, 9.17) is 16.3 Å². The predicted molar refractivity (Wildman–Crippen MR) is 115 cm³/mol. The van der Waals surface area contributed by atoms with Gasteiger partial charge in [0, 0.05) is 18.1 Å². The third-order valence-electron chi connectivity index (χ3n) is 4.31. The lowest BCUT2D eigenvalue weighted by molar-refractivity contribution is -0.142. The summed E-state index contributed by atoms with van der Waals surface area (Å²) in [6, 6.07) is 12.5. The van der Waals surface area contributed by atoms with Gasteiger partial charge in [0.1, 0.15) is 11.8 Å². The number of benzene rings is 2. The maximum absolute atomic E-state index is 13.0. The first-order valence-corrected chi connectivity index (χ1v) is 10.2. The maximum atomic E-state index is 13.0. The first kappa shape index (κ1) is 22.2. The van der Waals surface area contributed by atoms with Gasteiger partial charge in [-0.2, -0.15) is 0 Å². The molecule has 0 heterocycles. The average Bonchev–Trinajstić information content (AvgIpc) is 2.66. The quantitative estimate of drug-likeness (QED) is 0.628. The molecular weight excluding hydrogens is 444 g/mol.